The van der Waals surface area contributed by atoms with E-state index in [0.717, 1.165) is 12.1 Å². The zero-order valence-corrected chi connectivity index (χ0v) is 13.7. The van der Waals surface area contributed by atoms with Gasteiger partial charge in [-0.1, -0.05) is 18.2 Å². The zero-order valence-electron chi connectivity index (χ0n) is 12.9. The Morgan fingerprint density at radius 1 is 1.14 bits per heavy atom. The van der Waals surface area contributed by atoms with Gasteiger partial charge in [-0.05, 0) is 25.6 Å². The molecular formula is C15H21N3O3S. The summed E-state index contributed by atoms with van der Waals surface area (Å²) in [5.41, 5.74) is 0.574. The van der Waals surface area contributed by atoms with Crippen molar-refractivity contribution < 1.29 is 13.2 Å². The molecule has 3 rings (SSSR count). The molecule has 2 fully saturated rings. The summed E-state index contributed by atoms with van der Waals surface area (Å²) in [7, 11) is -1.29. The Labute approximate surface area is 131 Å². The van der Waals surface area contributed by atoms with Crippen LogP contribution in [0, 0.1) is 0 Å². The average Bonchev–Trinajstić information content (AvgIpc) is 2.90. The molecule has 22 heavy (non-hydrogen) atoms. The monoisotopic (exact) mass is 323 g/mol. The average molecular weight is 323 g/mol. The van der Waals surface area contributed by atoms with Crippen LogP contribution in [0.3, 0.4) is 0 Å². The Morgan fingerprint density at radius 2 is 1.82 bits per heavy atom. The van der Waals surface area contributed by atoms with Crippen molar-refractivity contribution in [1.29, 1.82) is 0 Å². The van der Waals surface area contributed by atoms with Crippen LogP contribution in [0.15, 0.2) is 30.3 Å². The van der Waals surface area contributed by atoms with Crippen molar-refractivity contribution in [2.24, 2.45) is 0 Å². The van der Waals surface area contributed by atoms with Gasteiger partial charge in [-0.2, -0.15) is 0 Å². The lowest BCUT2D eigenvalue weighted by Gasteiger charge is -2.46. The number of anilines is 1. The number of carbonyl (C=O) groups is 1. The summed E-state index contributed by atoms with van der Waals surface area (Å²) in [6, 6.07) is 9.57. The molecule has 6 nitrogen and oxygen atoms in total. The van der Waals surface area contributed by atoms with Crippen molar-refractivity contribution in [3.05, 3.63) is 30.3 Å². The lowest BCUT2D eigenvalue weighted by molar-refractivity contribution is -0.123. The van der Waals surface area contributed by atoms with Gasteiger partial charge in [-0.3, -0.25) is 9.69 Å². The molecule has 1 aromatic rings. The van der Waals surface area contributed by atoms with E-state index in [-0.39, 0.29) is 11.4 Å². The van der Waals surface area contributed by atoms with E-state index < -0.39 is 10.0 Å². The lowest BCUT2D eigenvalue weighted by atomic mass is 9.92. The maximum absolute atomic E-state index is 12.4. The molecule has 1 aromatic carbocycles. The van der Waals surface area contributed by atoms with E-state index in [1.807, 2.05) is 42.3 Å². The number of piperazine rings is 1. The van der Waals surface area contributed by atoms with Crippen molar-refractivity contribution in [1.82, 2.24) is 9.21 Å². The molecule has 0 unspecified atom stereocenters. The summed E-state index contributed by atoms with van der Waals surface area (Å²) in [6.07, 6.45) is 1.99. The van der Waals surface area contributed by atoms with Gasteiger partial charge in [0.05, 0.1) is 18.3 Å². The van der Waals surface area contributed by atoms with Gasteiger partial charge in [0.15, 0.2) is 0 Å². The Balaban J connectivity index is 1.88. The molecule has 2 heterocycles. The Bertz CT molecular complexity index is 677. The lowest BCUT2D eigenvalue weighted by Crippen LogP contribution is -2.64. The first-order valence-electron chi connectivity index (χ1n) is 7.34. The fraction of sp³-hybridized carbons (Fsp3) is 0.533. The predicted octanol–water partition coefficient (Wildman–Crippen LogP) is 0.369. The molecule has 1 spiro atoms. The molecule has 0 aliphatic carbocycles. The van der Waals surface area contributed by atoms with Crippen LogP contribution in [0.5, 0.6) is 0 Å². The molecule has 2 aliphatic rings. The molecular weight excluding hydrogens is 302 g/mol. The number of carbonyl (C=O) groups excluding carboxylic acids is 1. The van der Waals surface area contributed by atoms with Gasteiger partial charge in [-0.15, -0.1) is 0 Å². The third-order valence-electron chi connectivity index (χ3n) is 4.77. The van der Waals surface area contributed by atoms with Crippen molar-refractivity contribution in [3.8, 4) is 0 Å². The number of hydrogen-bond acceptors (Lipinski definition) is 4. The molecule has 2 aliphatic heterocycles. The Hall–Kier alpha value is -1.44. The minimum Gasteiger partial charge on any atom is -0.309 e. The SMILES string of the molecule is CN1CC(=O)N(c2ccccc2)C[C@]12CCN(S(C)(=O)=O)C2. The van der Waals surface area contributed by atoms with Gasteiger partial charge in [0, 0.05) is 25.3 Å². The Morgan fingerprint density at radius 3 is 2.41 bits per heavy atom. The van der Waals surface area contributed by atoms with E-state index in [4.69, 9.17) is 0 Å². The van der Waals surface area contributed by atoms with Crippen LogP contribution >= 0.6 is 0 Å². The minimum absolute atomic E-state index is 0.0529. The van der Waals surface area contributed by atoms with Crippen molar-refractivity contribution in [2.75, 3.05) is 44.4 Å². The molecule has 0 aromatic heterocycles. The number of likely N-dealkylation sites (N-methyl/N-ethyl adjacent to an activating group) is 1. The van der Waals surface area contributed by atoms with Crippen LogP contribution in [0.25, 0.3) is 0 Å². The van der Waals surface area contributed by atoms with E-state index >= 15 is 0 Å². The summed E-state index contributed by atoms with van der Waals surface area (Å²) < 4.78 is 25.1. The highest BCUT2D eigenvalue weighted by Gasteiger charge is 2.49. The molecule has 7 heteroatoms. The number of rotatable bonds is 2. The highest BCUT2D eigenvalue weighted by Crippen LogP contribution is 2.34. The predicted molar refractivity (Wildman–Crippen MR) is 85.2 cm³/mol. The Kier molecular flexibility index (Phi) is 3.74. The first-order valence-corrected chi connectivity index (χ1v) is 9.18. The second-order valence-electron chi connectivity index (χ2n) is 6.24. The number of amides is 1. The van der Waals surface area contributed by atoms with E-state index in [1.54, 1.807) is 4.90 Å². The van der Waals surface area contributed by atoms with Crippen LogP contribution in [0.2, 0.25) is 0 Å². The molecule has 0 bridgehead atoms. The first kappa shape index (κ1) is 15.5. The fourth-order valence-electron chi connectivity index (χ4n) is 3.35. The minimum atomic E-state index is -3.19. The van der Waals surface area contributed by atoms with Crippen LogP contribution in [0.4, 0.5) is 5.69 Å². The number of sulfonamides is 1. The van der Waals surface area contributed by atoms with E-state index in [2.05, 4.69) is 0 Å². The van der Waals surface area contributed by atoms with Gasteiger partial charge >= 0.3 is 0 Å². The topological polar surface area (TPSA) is 60.9 Å². The van der Waals surface area contributed by atoms with Gasteiger partial charge in [-0.25, -0.2) is 12.7 Å². The van der Waals surface area contributed by atoms with E-state index in [1.165, 1.54) is 10.6 Å². The summed E-state index contributed by atoms with van der Waals surface area (Å²) in [5.74, 6) is 0.0529. The zero-order chi connectivity index (χ0) is 16.0. The normalized spacial score (nSPS) is 27.7. The maximum Gasteiger partial charge on any atom is 0.241 e. The van der Waals surface area contributed by atoms with Gasteiger partial charge < -0.3 is 4.90 Å². The number of nitrogens with zero attached hydrogens (tertiary/aromatic N) is 3. The second kappa shape index (κ2) is 5.33. The van der Waals surface area contributed by atoms with Crippen LogP contribution < -0.4 is 4.90 Å². The number of benzene rings is 1. The molecule has 120 valence electrons. The highest BCUT2D eigenvalue weighted by atomic mass is 32.2. The van der Waals surface area contributed by atoms with Crippen molar-refractivity contribution >= 4 is 21.6 Å². The van der Waals surface area contributed by atoms with Crippen molar-refractivity contribution in [2.45, 2.75) is 12.0 Å². The molecule has 2 saturated heterocycles. The number of hydrogen-bond donors (Lipinski definition) is 0. The summed E-state index contributed by atoms with van der Waals surface area (Å²) >= 11 is 0. The maximum atomic E-state index is 12.4. The first-order chi connectivity index (χ1) is 10.3. The van der Waals surface area contributed by atoms with Crippen molar-refractivity contribution in [3.63, 3.8) is 0 Å². The van der Waals surface area contributed by atoms with E-state index in [0.29, 0.717) is 26.2 Å². The van der Waals surface area contributed by atoms with Gasteiger partial charge in [0.1, 0.15) is 0 Å². The summed E-state index contributed by atoms with van der Waals surface area (Å²) in [4.78, 5) is 16.2. The third kappa shape index (κ3) is 2.64. The van der Waals surface area contributed by atoms with Gasteiger partial charge in [0.25, 0.3) is 0 Å². The molecule has 1 amide bonds. The summed E-state index contributed by atoms with van der Waals surface area (Å²) in [6.45, 7) is 1.80. The van der Waals surface area contributed by atoms with Crippen LogP contribution in [-0.4, -0.2) is 68.6 Å². The summed E-state index contributed by atoms with van der Waals surface area (Å²) in [5, 5.41) is 0. The number of para-hydroxylation sites is 1. The molecule has 0 saturated carbocycles. The van der Waals surface area contributed by atoms with Crippen LogP contribution in [0.1, 0.15) is 6.42 Å². The highest BCUT2D eigenvalue weighted by molar-refractivity contribution is 7.88. The van der Waals surface area contributed by atoms with Gasteiger partial charge in [0.2, 0.25) is 15.9 Å². The standard InChI is InChI=1S/C15H21N3O3S/c1-16-10-14(19)18(13-6-4-3-5-7-13)12-15(16)8-9-17(11-15)22(2,20)21/h3-7H,8-12H2,1-2H3/t15-/m1/s1. The molecule has 1 atom stereocenters. The quantitative estimate of drug-likeness (QED) is 0.789. The molecule has 0 N–H and O–H groups in total. The van der Waals surface area contributed by atoms with E-state index in [9.17, 15) is 13.2 Å². The van der Waals surface area contributed by atoms with Crippen LogP contribution in [-0.2, 0) is 14.8 Å². The second-order valence-corrected chi connectivity index (χ2v) is 8.22. The third-order valence-corrected chi connectivity index (χ3v) is 6.02. The fourth-order valence-corrected chi connectivity index (χ4v) is 4.24. The smallest absolute Gasteiger partial charge is 0.241 e. The molecule has 0 radical (unpaired) electrons. The largest absolute Gasteiger partial charge is 0.309 e.